The molecule has 1 rings (SSSR count). The van der Waals surface area contributed by atoms with Gasteiger partial charge in [0.2, 0.25) is 0 Å². The molecule has 0 bridgehead atoms. The minimum Gasteiger partial charge on any atom is -0.381 e. The van der Waals surface area contributed by atoms with E-state index in [1.54, 1.807) is 0 Å². The fraction of sp³-hybridized carbons (Fsp3) is 0.455. The number of sulfone groups is 1. The molecule has 0 amide bonds. The van der Waals surface area contributed by atoms with Crippen LogP contribution in [0.5, 0.6) is 0 Å². The van der Waals surface area contributed by atoms with E-state index in [0.717, 1.165) is 18.6 Å². The van der Waals surface area contributed by atoms with Gasteiger partial charge in [-0.05, 0) is 30.7 Å². The first kappa shape index (κ1) is 15.8. The Morgan fingerprint density at radius 1 is 1.26 bits per heavy atom. The Morgan fingerprint density at radius 3 is 2.16 bits per heavy atom. The largest absolute Gasteiger partial charge is 0.501 e. The maximum Gasteiger partial charge on any atom is 0.501 e. The van der Waals surface area contributed by atoms with E-state index in [-0.39, 0.29) is 6.04 Å². The van der Waals surface area contributed by atoms with E-state index < -0.39 is 20.2 Å². The van der Waals surface area contributed by atoms with Crippen molar-refractivity contribution in [1.82, 2.24) is 0 Å². The van der Waals surface area contributed by atoms with Gasteiger partial charge in [0.1, 0.15) is 0 Å². The predicted molar refractivity (Wildman–Crippen MR) is 66.4 cm³/mol. The minimum absolute atomic E-state index is 0.00919. The second-order valence-electron chi connectivity index (χ2n) is 3.96. The molecular weight excluding hydrogens is 281 g/mol. The van der Waals surface area contributed by atoms with E-state index in [0.29, 0.717) is 12.2 Å². The lowest BCUT2D eigenvalue weighted by Crippen LogP contribution is -2.28. The summed E-state index contributed by atoms with van der Waals surface area (Å²) >= 11 is 0. The molecular formula is C11H15F3N2O2S. The monoisotopic (exact) mass is 296 g/mol. The van der Waals surface area contributed by atoms with Gasteiger partial charge >= 0.3 is 5.51 Å². The molecule has 0 spiro atoms. The number of halogens is 3. The highest BCUT2D eigenvalue weighted by atomic mass is 32.2. The maximum absolute atomic E-state index is 12.3. The Bertz CT molecular complexity index is 508. The fourth-order valence-electron chi connectivity index (χ4n) is 1.43. The SMILES string of the molecule is CCC(CN)Nc1ccc(S(=O)(=O)C(F)(F)F)cc1. The van der Waals surface area contributed by atoms with E-state index in [9.17, 15) is 21.6 Å². The van der Waals surface area contributed by atoms with Crippen LogP contribution in [0.4, 0.5) is 18.9 Å². The number of anilines is 1. The summed E-state index contributed by atoms with van der Waals surface area (Å²) in [6.45, 7) is 2.28. The average molecular weight is 296 g/mol. The molecule has 1 atom stereocenters. The van der Waals surface area contributed by atoms with Crippen LogP contribution in [-0.2, 0) is 9.84 Å². The molecule has 0 saturated heterocycles. The summed E-state index contributed by atoms with van der Waals surface area (Å²) in [6, 6.07) is 4.42. The summed E-state index contributed by atoms with van der Waals surface area (Å²) < 4.78 is 59.2. The van der Waals surface area contributed by atoms with Crippen LogP contribution in [-0.4, -0.2) is 26.5 Å². The van der Waals surface area contributed by atoms with E-state index in [4.69, 9.17) is 5.73 Å². The van der Waals surface area contributed by atoms with E-state index in [1.165, 1.54) is 12.1 Å². The number of hydrogen-bond donors (Lipinski definition) is 2. The number of rotatable bonds is 5. The van der Waals surface area contributed by atoms with E-state index in [1.807, 2.05) is 6.92 Å². The van der Waals surface area contributed by atoms with Crippen LogP contribution >= 0.6 is 0 Å². The summed E-state index contributed by atoms with van der Waals surface area (Å²) in [5.41, 5.74) is 0.720. The van der Waals surface area contributed by atoms with Crippen molar-refractivity contribution >= 4 is 15.5 Å². The number of nitrogens with two attached hydrogens (primary N) is 1. The molecule has 0 fully saturated rings. The molecule has 19 heavy (non-hydrogen) atoms. The van der Waals surface area contributed by atoms with Gasteiger partial charge in [0.25, 0.3) is 9.84 Å². The standard InChI is InChI=1S/C11H15F3N2O2S/c1-2-8(7-15)16-9-3-5-10(6-4-9)19(17,18)11(12,13)14/h3-6,8,16H,2,7,15H2,1H3. The van der Waals surface area contributed by atoms with Gasteiger partial charge in [-0.15, -0.1) is 0 Å². The number of benzene rings is 1. The number of nitrogens with one attached hydrogen (secondary N) is 1. The highest BCUT2D eigenvalue weighted by Crippen LogP contribution is 2.30. The molecule has 0 aliphatic rings. The first-order valence-electron chi connectivity index (χ1n) is 5.60. The topological polar surface area (TPSA) is 72.2 Å². The molecule has 1 aromatic rings. The lowest BCUT2D eigenvalue weighted by molar-refractivity contribution is -0.0436. The summed E-state index contributed by atoms with van der Waals surface area (Å²) in [6.07, 6.45) is 0.749. The molecule has 0 radical (unpaired) electrons. The van der Waals surface area contributed by atoms with Gasteiger partial charge in [0, 0.05) is 18.3 Å². The third kappa shape index (κ3) is 3.60. The van der Waals surface area contributed by atoms with E-state index in [2.05, 4.69) is 5.32 Å². The lowest BCUT2D eigenvalue weighted by atomic mass is 10.2. The highest BCUT2D eigenvalue weighted by molar-refractivity contribution is 7.92. The molecule has 4 nitrogen and oxygen atoms in total. The summed E-state index contributed by atoms with van der Waals surface area (Å²) in [5, 5.41) is 2.99. The molecule has 1 unspecified atom stereocenters. The zero-order valence-corrected chi connectivity index (χ0v) is 11.1. The van der Waals surface area contributed by atoms with Gasteiger partial charge in [0.05, 0.1) is 4.90 Å². The van der Waals surface area contributed by atoms with Crippen molar-refractivity contribution in [3.8, 4) is 0 Å². The van der Waals surface area contributed by atoms with Gasteiger partial charge in [-0.1, -0.05) is 6.92 Å². The van der Waals surface area contributed by atoms with Crippen molar-refractivity contribution in [1.29, 1.82) is 0 Å². The molecule has 0 aliphatic heterocycles. The van der Waals surface area contributed by atoms with E-state index >= 15 is 0 Å². The number of hydrogen-bond acceptors (Lipinski definition) is 4. The highest BCUT2D eigenvalue weighted by Gasteiger charge is 2.46. The Morgan fingerprint density at radius 2 is 1.79 bits per heavy atom. The van der Waals surface area contributed by atoms with Crippen molar-refractivity contribution in [3.05, 3.63) is 24.3 Å². The Kier molecular flexibility index (Phi) is 4.81. The molecule has 108 valence electrons. The average Bonchev–Trinajstić information content (AvgIpc) is 2.35. The normalized spacial score (nSPS) is 14.2. The second kappa shape index (κ2) is 5.79. The zero-order chi connectivity index (χ0) is 14.7. The third-order valence-corrected chi connectivity index (χ3v) is 4.12. The van der Waals surface area contributed by atoms with Gasteiger partial charge in [-0.2, -0.15) is 13.2 Å². The smallest absolute Gasteiger partial charge is 0.381 e. The fourth-order valence-corrected chi connectivity index (χ4v) is 2.19. The summed E-state index contributed by atoms with van der Waals surface area (Å²) in [5.74, 6) is 0. The van der Waals surface area contributed by atoms with Crippen molar-refractivity contribution < 1.29 is 21.6 Å². The molecule has 0 aliphatic carbocycles. The Hall–Kier alpha value is -1.28. The van der Waals surface area contributed by atoms with Crippen molar-refractivity contribution in [2.24, 2.45) is 5.73 Å². The van der Waals surface area contributed by atoms with Gasteiger partial charge in [0.15, 0.2) is 0 Å². The molecule has 0 saturated carbocycles. The maximum atomic E-state index is 12.3. The first-order chi connectivity index (χ1) is 8.72. The van der Waals surface area contributed by atoms with Crippen LogP contribution in [0, 0.1) is 0 Å². The first-order valence-corrected chi connectivity index (χ1v) is 7.08. The van der Waals surface area contributed by atoms with Crippen LogP contribution in [0.1, 0.15) is 13.3 Å². The summed E-state index contributed by atoms with van der Waals surface area (Å²) in [4.78, 5) is -0.772. The van der Waals surface area contributed by atoms with Crippen molar-refractivity contribution in [2.45, 2.75) is 29.8 Å². The quantitative estimate of drug-likeness (QED) is 0.873. The molecule has 3 N–H and O–H groups in total. The third-order valence-electron chi connectivity index (χ3n) is 2.62. The van der Waals surface area contributed by atoms with Crippen molar-refractivity contribution in [2.75, 3.05) is 11.9 Å². The van der Waals surface area contributed by atoms with Crippen LogP contribution < -0.4 is 11.1 Å². The van der Waals surface area contributed by atoms with Crippen LogP contribution in [0.2, 0.25) is 0 Å². The van der Waals surface area contributed by atoms with Crippen LogP contribution in [0.15, 0.2) is 29.2 Å². The van der Waals surface area contributed by atoms with Gasteiger partial charge < -0.3 is 11.1 Å². The molecule has 0 aromatic heterocycles. The number of alkyl halides is 3. The zero-order valence-electron chi connectivity index (χ0n) is 10.2. The molecule has 0 heterocycles. The van der Waals surface area contributed by atoms with Gasteiger partial charge in [-0.3, -0.25) is 0 Å². The minimum atomic E-state index is -5.29. The second-order valence-corrected chi connectivity index (χ2v) is 5.90. The van der Waals surface area contributed by atoms with Crippen LogP contribution in [0.25, 0.3) is 0 Å². The Labute approximate surface area is 109 Å². The van der Waals surface area contributed by atoms with Crippen LogP contribution in [0.3, 0.4) is 0 Å². The molecule has 8 heteroatoms. The predicted octanol–water partition coefficient (Wildman–Crippen LogP) is 2.13. The summed E-state index contributed by atoms with van der Waals surface area (Å²) in [7, 11) is -5.29. The molecule has 1 aromatic carbocycles. The Balaban J connectivity index is 2.95. The van der Waals surface area contributed by atoms with Gasteiger partial charge in [-0.25, -0.2) is 8.42 Å². The van der Waals surface area contributed by atoms with Crippen molar-refractivity contribution in [3.63, 3.8) is 0 Å². The lowest BCUT2D eigenvalue weighted by Gasteiger charge is -2.16.